The van der Waals surface area contributed by atoms with Gasteiger partial charge in [-0.2, -0.15) is 45.5 Å². The second-order valence-electron chi connectivity index (χ2n) is 6.06. The second-order valence-corrected chi connectivity index (χ2v) is 29.0. The van der Waals surface area contributed by atoms with Crippen LogP contribution in [0.1, 0.15) is 33.4 Å². The van der Waals surface area contributed by atoms with Gasteiger partial charge in [-0.3, -0.25) is 0 Å². The average Bonchev–Trinajstić information content (AvgIpc) is 2.82. The van der Waals surface area contributed by atoms with Crippen LogP contribution in [0.2, 0.25) is 13.1 Å². The molecule has 22 heavy (non-hydrogen) atoms. The molecule has 0 aliphatic rings. The number of halogens is 2. The predicted molar refractivity (Wildman–Crippen MR) is 102 cm³/mol. The molecule has 0 aliphatic heterocycles. The van der Waals surface area contributed by atoms with Crippen LogP contribution in [0.5, 0.6) is 0 Å². The molecule has 0 aliphatic carbocycles. The number of hydrogen-bond donors (Lipinski definition) is 0. The summed E-state index contributed by atoms with van der Waals surface area (Å²) in [4.78, 5) is 0. The summed E-state index contributed by atoms with van der Waals surface area (Å²) >= 11 is -1.65. The van der Waals surface area contributed by atoms with E-state index in [0.717, 1.165) is 0 Å². The van der Waals surface area contributed by atoms with Crippen molar-refractivity contribution < 1.29 is 18.0 Å². The first-order chi connectivity index (χ1) is 10.0. The van der Waals surface area contributed by atoms with Crippen molar-refractivity contribution in [2.24, 2.45) is 0 Å². The summed E-state index contributed by atoms with van der Waals surface area (Å²) in [6, 6.07) is 8.81. The van der Waals surface area contributed by atoms with Crippen LogP contribution in [0, 0.1) is 41.5 Å². The van der Waals surface area contributed by atoms with Crippen LogP contribution >= 0.6 is 17.0 Å². The average molecular weight is 435 g/mol. The molecular formula is C18H28Cl2SiZr-2. The molecule has 0 N–H and O–H groups in total. The Bertz CT molecular complexity index is 520. The van der Waals surface area contributed by atoms with Gasteiger partial charge in [0.25, 0.3) is 0 Å². The molecule has 0 saturated heterocycles. The number of rotatable bonds is 0. The Balaban J connectivity index is 0.000000306. The first-order valence-corrected chi connectivity index (χ1v) is 20.0. The van der Waals surface area contributed by atoms with E-state index in [9.17, 15) is 0 Å². The van der Waals surface area contributed by atoms with Crippen molar-refractivity contribution in [2.75, 3.05) is 0 Å². The van der Waals surface area contributed by atoms with Crippen LogP contribution < -0.4 is 0 Å². The number of aryl methyl sites for hydroxylation is 6. The van der Waals surface area contributed by atoms with E-state index >= 15 is 0 Å². The molecule has 0 fully saturated rings. The van der Waals surface area contributed by atoms with Crippen LogP contribution in [0.3, 0.4) is 0 Å². The van der Waals surface area contributed by atoms with Gasteiger partial charge in [-0.1, -0.05) is 41.5 Å². The molecule has 0 bridgehead atoms. The molecule has 0 nitrogen and oxygen atoms in total. The van der Waals surface area contributed by atoms with Crippen LogP contribution in [-0.2, 0) is 18.0 Å². The van der Waals surface area contributed by atoms with Crippen molar-refractivity contribution in [3.63, 3.8) is 0 Å². The van der Waals surface area contributed by atoms with Crippen LogP contribution in [0.4, 0.5) is 0 Å². The predicted octanol–water partition coefficient (Wildman–Crippen LogP) is 6.82. The Hall–Kier alpha value is 0.380. The fraction of sp³-hybridized carbons (Fsp3) is 0.444. The first-order valence-electron chi connectivity index (χ1n) is 7.44. The van der Waals surface area contributed by atoms with E-state index in [1.807, 2.05) is 0 Å². The van der Waals surface area contributed by atoms with E-state index in [0.29, 0.717) is 0 Å². The zero-order chi connectivity index (χ0) is 17.4. The zero-order valence-corrected chi connectivity index (χ0v) is 20.0. The van der Waals surface area contributed by atoms with E-state index in [2.05, 4.69) is 78.9 Å². The van der Waals surface area contributed by atoms with E-state index in [-0.39, 0.29) is 5.43 Å². The van der Waals surface area contributed by atoms with Gasteiger partial charge in [-0.05, 0) is 0 Å². The quantitative estimate of drug-likeness (QED) is 0.315. The van der Waals surface area contributed by atoms with Gasteiger partial charge in [0.05, 0.1) is 0 Å². The second kappa shape index (κ2) is 11.0. The van der Waals surface area contributed by atoms with Crippen LogP contribution in [0.25, 0.3) is 0 Å². The molecule has 0 heterocycles. The Labute approximate surface area is 151 Å². The van der Waals surface area contributed by atoms with E-state index in [4.69, 9.17) is 17.0 Å². The van der Waals surface area contributed by atoms with E-state index in [1.165, 1.54) is 33.4 Å². The largest absolute Gasteiger partial charge is 0.208 e. The Morgan fingerprint density at radius 1 is 0.773 bits per heavy atom. The SMILES string of the molecule is C[Si](C)=[Zr]([Cl])[Cl].Cc1cc(C)c(C)[cH-]1.Cc1cc(C)c(C)[cH-]1. The van der Waals surface area contributed by atoms with Gasteiger partial charge in [0.1, 0.15) is 0 Å². The van der Waals surface area contributed by atoms with Gasteiger partial charge in [-0.25, -0.2) is 12.1 Å². The topological polar surface area (TPSA) is 0 Å². The maximum Gasteiger partial charge on any atom is -0.0632 e. The molecule has 4 heteroatoms. The molecule has 0 aromatic heterocycles. The molecule has 0 saturated carbocycles. The van der Waals surface area contributed by atoms with E-state index in [1.54, 1.807) is 0 Å². The monoisotopic (exact) mass is 432 g/mol. The van der Waals surface area contributed by atoms with Gasteiger partial charge in [0.15, 0.2) is 0 Å². The van der Waals surface area contributed by atoms with Gasteiger partial charge in [0, 0.05) is 0 Å². The molecule has 0 radical (unpaired) electrons. The van der Waals surface area contributed by atoms with Gasteiger partial charge in [-0.15, -0.1) is 0 Å². The van der Waals surface area contributed by atoms with Crippen molar-refractivity contribution >= 4 is 22.5 Å². The van der Waals surface area contributed by atoms with Crippen LogP contribution in [-0.4, -0.2) is 5.43 Å². The molecule has 2 rings (SSSR count). The summed E-state index contributed by atoms with van der Waals surface area (Å²) in [7, 11) is 11.2. The molecule has 0 amide bonds. The molecule has 2 aromatic rings. The van der Waals surface area contributed by atoms with Crippen molar-refractivity contribution in [3.8, 4) is 0 Å². The third-order valence-electron chi connectivity index (χ3n) is 3.40. The van der Waals surface area contributed by atoms with Gasteiger partial charge >= 0.3 is 53.5 Å². The smallest absolute Gasteiger partial charge is 0.0632 e. The third-order valence-corrected chi connectivity index (χ3v) is 23.1. The van der Waals surface area contributed by atoms with Crippen molar-refractivity contribution in [2.45, 2.75) is 54.6 Å². The number of hydrogen-bond acceptors (Lipinski definition) is 0. The van der Waals surface area contributed by atoms with E-state index < -0.39 is 18.0 Å². The fourth-order valence-corrected chi connectivity index (χ4v) is 1.90. The minimum absolute atomic E-state index is 0.224. The molecular weight excluding hydrogens is 406 g/mol. The summed E-state index contributed by atoms with van der Waals surface area (Å²) in [5.74, 6) is 0. The fourth-order valence-electron chi connectivity index (χ4n) is 1.90. The van der Waals surface area contributed by atoms with Crippen molar-refractivity contribution in [1.82, 2.24) is 0 Å². The van der Waals surface area contributed by atoms with Gasteiger partial charge < -0.3 is 0 Å². The summed E-state index contributed by atoms with van der Waals surface area (Å²) < 4.78 is 0. The summed E-state index contributed by atoms with van der Waals surface area (Å²) in [6.07, 6.45) is 0. The molecule has 0 atom stereocenters. The third kappa shape index (κ3) is 9.50. The Kier molecular flexibility index (Phi) is 11.2. The minimum Gasteiger partial charge on any atom is -0.208 e. The Morgan fingerprint density at radius 2 is 1.05 bits per heavy atom. The maximum atomic E-state index is 5.62. The van der Waals surface area contributed by atoms with Crippen molar-refractivity contribution in [1.29, 1.82) is 0 Å². The normalized spacial score (nSPS) is 9.36. The molecule has 0 unspecified atom stereocenters. The van der Waals surface area contributed by atoms with Crippen LogP contribution in [0.15, 0.2) is 24.3 Å². The molecule has 124 valence electrons. The summed E-state index contributed by atoms with van der Waals surface area (Å²) in [5.41, 5.74) is 8.15. The first kappa shape index (κ1) is 22.4. The minimum atomic E-state index is -1.65. The summed E-state index contributed by atoms with van der Waals surface area (Å²) in [5, 5.41) is 0. The standard InChI is InChI=1S/2C8H11.C2H6Si.2ClH.Zr/c2*1-6-4-7(2)8(3)5-6;1-3-2;;;/h2*4-5H,1-3H3;1-2H3;2*1H;/q2*-1;;;;+2/p-2. The molecule has 0 spiro atoms. The van der Waals surface area contributed by atoms with Gasteiger partial charge in [0.2, 0.25) is 0 Å². The zero-order valence-electron chi connectivity index (χ0n) is 15.1. The molecule has 2 aromatic carbocycles. The summed E-state index contributed by atoms with van der Waals surface area (Å²) in [6.45, 7) is 17.1. The maximum absolute atomic E-state index is 5.62. The Morgan fingerprint density at radius 3 is 1.09 bits per heavy atom. The van der Waals surface area contributed by atoms with Crippen molar-refractivity contribution in [3.05, 3.63) is 57.6 Å².